The first-order valence-corrected chi connectivity index (χ1v) is 7.50. The number of piperidine rings is 1. The number of likely N-dealkylation sites (tertiary alicyclic amines) is 1. The highest BCUT2D eigenvalue weighted by molar-refractivity contribution is 5.79. The fraction of sp³-hybridized carbons (Fsp3) is 0.562. The first kappa shape index (κ1) is 14.9. The summed E-state index contributed by atoms with van der Waals surface area (Å²) < 4.78 is 0. The molecule has 3 N–H and O–H groups in total. The van der Waals surface area contributed by atoms with E-state index in [0.717, 1.165) is 18.9 Å². The molecule has 1 fully saturated rings. The lowest BCUT2D eigenvalue weighted by Crippen LogP contribution is -2.33. The van der Waals surface area contributed by atoms with Crippen molar-refractivity contribution in [1.29, 1.82) is 0 Å². The van der Waals surface area contributed by atoms with E-state index < -0.39 is 0 Å². The van der Waals surface area contributed by atoms with Gasteiger partial charge in [-0.2, -0.15) is 0 Å². The lowest BCUT2D eigenvalue weighted by atomic mass is 9.91. The van der Waals surface area contributed by atoms with Crippen LogP contribution >= 0.6 is 0 Å². The number of oxime groups is 1. The van der Waals surface area contributed by atoms with Gasteiger partial charge in [0.15, 0.2) is 0 Å². The molecule has 110 valence electrons. The first-order chi connectivity index (χ1) is 9.78. The van der Waals surface area contributed by atoms with E-state index in [0.29, 0.717) is 12.3 Å². The fourth-order valence-electron chi connectivity index (χ4n) is 2.90. The lowest BCUT2D eigenvalue weighted by Gasteiger charge is -2.32. The van der Waals surface area contributed by atoms with E-state index in [-0.39, 0.29) is 0 Å². The molecular formula is C16H25N3O. The Kier molecular flexibility index (Phi) is 5.87. The molecule has 1 saturated heterocycles. The summed E-state index contributed by atoms with van der Waals surface area (Å²) in [4.78, 5) is 2.54. The molecule has 0 amide bonds. The monoisotopic (exact) mass is 275 g/mol. The molecule has 4 heteroatoms. The van der Waals surface area contributed by atoms with Crippen molar-refractivity contribution in [2.24, 2.45) is 16.8 Å². The maximum Gasteiger partial charge on any atom is 0.139 e. The van der Waals surface area contributed by atoms with Crippen molar-refractivity contribution in [3.05, 3.63) is 35.9 Å². The fourth-order valence-corrected chi connectivity index (χ4v) is 2.90. The van der Waals surface area contributed by atoms with Crippen molar-refractivity contribution in [3.63, 3.8) is 0 Å². The Hall–Kier alpha value is -1.55. The second-order valence-corrected chi connectivity index (χ2v) is 5.69. The van der Waals surface area contributed by atoms with Gasteiger partial charge in [0.1, 0.15) is 5.84 Å². The minimum absolute atomic E-state index is 0.353. The van der Waals surface area contributed by atoms with Gasteiger partial charge in [-0.1, -0.05) is 35.5 Å². The molecule has 0 atom stereocenters. The van der Waals surface area contributed by atoms with Gasteiger partial charge in [-0.25, -0.2) is 0 Å². The summed E-state index contributed by atoms with van der Waals surface area (Å²) in [5, 5.41) is 11.5. The van der Waals surface area contributed by atoms with Crippen molar-refractivity contribution >= 4 is 5.84 Å². The standard InChI is InChI=1S/C16H25N3O/c17-16(18-20)8-4-7-14-9-11-19(12-10-14)13-15-5-2-1-3-6-15/h1-3,5-6,14,20H,4,7-13H2,(H2,17,18). The predicted octanol–water partition coefficient (Wildman–Crippen LogP) is 2.82. The molecule has 2 rings (SSSR count). The van der Waals surface area contributed by atoms with E-state index in [4.69, 9.17) is 10.9 Å². The van der Waals surface area contributed by atoms with Crippen LogP contribution in [0.4, 0.5) is 0 Å². The molecule has 0 aromatic heterocycles. The number of hydrogen-bond donors (Lipinski definition) is 2. The van der Waals surface area contributed by atoms with Crippen LogP contribution in [0.5, 0.6) is 0 Å². The van der Waals surface area contributed by atoms with Gasteiger partial charge in [-0.15, -0.1) is 0 Å². The molecule has 4 nitrogen and oxygen atoms in total. The van der Waals surface area contributed by atoms with Gasteiger partial charge in [0, 0.05) is 13.0 Å². The van der Waals surface area contributed by atoms with Crippen LogP contribution in [0.2, 0.25) is 0 Å². The second-order valence-electron chi connectivity index (χ2n) is 5.69. The smallest absolute Gasteiger partial charge is 0.139 e. The summed E-state index contributed by atoms with van der Waals surface area (Å²) in [6, 6.07) is 10.7. The molecule has 20 heavy (non-hydrogen) atoms. The van der Waals surface area contributed by atoms with Crippen molar-refractivity contribution < 1.29 is 5.21 Å². The molecule has 0 unspecified atom stereocenters. The van der Waals surface area contributed by atoms with Crippen LogP contribution in [-0.2, 0) is 6.54 Å². The highest BCUT2D eigenvalue weighted by atomic mass is 16.4. The van der Waals surface area contributed by atoms with Crippen LogP contribution in [0.25, 0.3) is 0 Å². The van der Waals surface area contributed by atoms with Crippen molar-refractivity contribution in [2.45, 2.75) is 38.6 Å². The van der Waals surface area contributed by atoms with Crippen LogP contribution in [-0.4, -0.2) is 29.0 Å². The van der Waals surface area contributed by atoms with E-state index in [9.17, 15) is 0 Å². The topological polar surface area (TPSA) is 61.8 Å². The normalized spacial score (nSPS) is 18.3. The Balaban J connectivity index is 1.65. The van der Waals surface area contributed by atoms with Gasteiger partial charge in [-0.3, -0.25) is 4.90 Å². The van der Waals surface area contributed by atoms with E-state index >= 15 is 0 Å². The molecule has 0 saturated carbocycles. The zero-order chi connectivity index (χ0) is 14.2. The van der Waals surface area contributed by atoms with Gasteiger partial charge in [0.05, 0.1) is 0 Å². The molecule has 0 aliphatic carbocycles. The van der Waals surface area contributed by atoms with Crippen LogP contribution in [0.1, 0.15) is 37.7 Å². The zero-order valence-electron chi connectivity index (χ0n) is 12.0. The number of amidine groups is 1. The molecule has 0 spiro atoms. The number of nitrogens with two attached hydrogens (primary N) is 1. The zero-order valence-corrected chi connectivity index (χ0v) is 12.0. The van der Waals surface area contributed by atoms with Crippen LogP contribution < -0.4 is 5.73 Å². The van der Waals surface area contributed by atoms with Crippen LogP contribution in [0.3, 0.4) is 0 Å². The lowest BCUT2D eigenvalue weighted by molar-refractivity contribution is 0.171. The highest BCUT2D eigenvalue weighted by Gasteiger charge is 2.18. The van der Waals surface area contributed by atoms with Gasteiger partial charge in [0.2, 0.25) is 0 Å². The van der Waals surface area contributed by atoms with E-state index in [2.05, 4.69) is 40.4 Å². The predicted molar refractivity (Wildman–Crippen MR) is 81.7 cm³/mol. The van der Waals surface area contributed by atoms with Crippen molar-refractivity contribution in [3.8, 4) is 0 Å². The first-order valence-electron chi connectivity index (χ1n) is 7.50. The van der Waals surface area contributed by atoms with E-state index in [1.165, 1.54) is 37.9 Å². The van der Waals surface area contributed by atoms with E-state index in [1.54, 1.807) is 0 Å². The molecule has 1 heterocycles. The molecule has 1 aromatic rings. The van der Waals surface area contributed by atoms with Crippen LogP contribution in [0.15, 0.2) is 35.5 Å². The Morgan fingerprint density at radius 2 is 1.95 bits per heavy atom. The van der Waals surface area contributed by atoms with Crippen molar-refractivity contribution in [1.82, 2.24) is 4.90 Å². The molecule has 1 aliphatic rings. The van der Waals surface area contributed by atoms with Crippen LogP contribution in [0, 0.1) is 5.92 Å². The summed E-state index contributed by atoms with van der Waals surface area (Å²) in [5.41, 5.74) is 6.89. The minimum Gasteiger partial charge on any atom is -0.409 e. The SMILES string of the molecule is NC(CCCC1CCN(Cc2ccccc2)CC1)=NO. The number of nitrogens with zero attached hydrogens (tertiary/aromatic N) is 2. The molecule has 1 aromatic carbocycles. The quantitative estimate of drug-likeness (QED) is 0.363. The Labute approximate surface area is 121 Å². The van der Waals surface area contributed by atoms with Gasteiger partial charge in [0.25, 0.3) is 0 Å². The van der Waals surface area contributed by atoms with Gasteiger partial charge in [-0.05, 0) is 50.3 Å². The highest BCUT2D eigenvalue weighted by Crippen LogP contribution is 2.23. The average Bonchev–Trinajstić information content (AvgIpc) is 2.50. The second kappa shape index (κ2) is 7.90. The Morgan fingerprint density at radius 3 is 2.60 bits per heavy atom. The summed E-state index contributed by atoms with van der Waals surface area (Å²) in [7, 11) is 0. The summed E-state index contributed by atoms with van der Waals surface area (Å²) in [6.45, 7) is 3.43. The summed E-state index contributed by atoms with van der Waals surface area (Å²) in [6.07, 6.45) is 5.46. The molecular weight excluding hydrogens is 250 g/mol. The largest absolute Gasteiger partial charge is 0.409 e. The maximum atomic E-state index is 8.50. The third-order valence-corrected chi connectivity index (χ3v) is 4.13. The third-order valence-electron chi connectivity index (χ3n) is 4.13. The summed E-state index contributed by atoms with van der Waals surface area (Å²) in [5.74, 6) is 1.15. The van der Waals surface area contributed by atoms with Gasteiger partial charge < -0.3 is 10.9 Å². The molecule has 1 aliphatic heterocycles. The summed E-state index contributed by atoms with van der Waals surface area (Å²) >= 11 is 0. The number of rotatable bonds is 6. The number of benzene rings is 1. The molecule has 0 bridgehead atoms. The maximum absolute atomic E-state index is 8.50. The van der Waals surface area contributed by atoms with Crippen molar-refractivity contribution in [2.75, 3.05) is 13.1 Å². The van der Waals surface area contributed by atoms with Gasteiger partial charge >= 0.3 is 0 Å². The third kappa shape index (κ3) is 4.85. The number of hydrogen-bond acceptors (Lipinski definition) is 3. The average molecular weight is 275 g/mol. The molecule has 0 radical (unpaired) electrons. The van der Waals surface area contributed by atoms with E-state index in [1.807, 2.05) is 0 Å². The Bertz CT molecular complexity index is 411. The Morgan fingerprint density at radius 1 is 1.25 bits per heavy atom. The minimum atomic E-state index is 0.353.